The summed E-state index contributed by atoms with van der Waals surface area (Å²) in [4.78, 5) is 0. The van der Waals surface area contributed by atoms with Crippen LogP contribution in [0.1, 0.15) is 6.04 Å². The lowest BCUT2D eigenvalue weighted by Gasteiger charge is -2.09. The second-order valence-corrected chi connectivity index (χ2v) is 2.66. The van der Waals surface area contributed by atoms with Gasteiger partial charge in [0.25, 0.3) is 0 Å². The summed E-state index contributed by atoms with van der Waals surface area (Å²) in [5, 5.41) is 3.72. The van der Waals surface area contributed by atoms with Gasteiger partial charge in [0.05, 0.1) is 11.9 Å². The average Bonchev–Trinajstić information content (AvgIpc) is 2.38. The second kappa shape index (κ2) is 3.71. The van der Waals surface area contributed by atoms with Crippen LogP contribution < -0.4 is 5.73 Å². The monoisotopic (exact) mass is 195 g/mol. The van der Waals surface area contributed by atoms with Crippen LogP contribution in [-0.2, 0) is 0 Å². The van der Waals surface area contributed by atoms with Crippen molar-refractivity contribution in [1.82, 2.24) is 9.78 Å². The molecule has 1 aromatic heterocycles. The molecule has 0 spiro atoms. The maximum absolute atomic E-state index is 12.1. The molecule has 12 heavy (non-hydrogen) atoms. The SMILES string of the molecule is Nc1cnn(C(CF)CF)c1Cl. The van der Waals surface area contributed by atoms with Crippen LogP contribution in [0, 0.1) is 0 Å². The van der Waals surface area contributed by atoms with Gasteiger partial charge >= 0.3 is 0 Å². The lowest BCUT2D eigenvalue weighted by Crippen LogP contribution is -2.14. The normalized spacial score (nSPS) is 11.0. The molecule has 6 heteroatoms. The number of hydrogen-bond donors (Lipinski definition) is 1. The third-order valence-corrected chi connectivity index (χ3v) is 1.85. The van der Waals surface area contributed by atoms with Gasteiger partial charge in [-0.2, -0.15) is 5.10 Å². The molecule has 0 aliphatic heterocycles. The first kappa shape index (κ1) is 9.25. The molecule has 0 aromatic carbocycles. The molecule has 0 atom stereocenters. The minimum absolute atomic E-state index is 0.0790. The lowest BCUT2D eigenvalue weighted by molar-refractivity contribution is 0.272. The van der Waals surface area contributed by atoms with Crippen molar-refractivity contribution in [3.63, 3.8) is 0 Å². The van der Waals surface area contributed by atoms with E-state index in [9.17, 15) is 8.78 Å². The quantitative estimate of drug-likeness (QED) is 0.796. The molecule has 0 saturated heterocycles. The Labute approximate surface area is 73.1 Å². The van der Waals surface area contributed by atoms with Crippen LogP contribution in [0.2, 0.25) is 5.15 Å². The Balaban J connectivity index is 2.93. The van der Waals surface area contributed by atoms with Gasteiger partial charge in [0.2, 0.25) is 0 Å². The highest BCUT2D eigenvalue weighted by molar-refractivity contribution is 6.32. The van der Waals surface area contributed by atoms with Gasteiger partial charge in [-0.05, 0) is 0 Å². The van der Waals surface area contributed by atoms with Crippen molar-refractivity contribution >= 4 is 17.3 Å². The van der Waals surface area contributed by atoms with Crippen molar-refractivity contribution in [2.45, 2.75) is 6.04 Å². The zero-order valence-electron chi connectivity index (χ0n) is 6.17. The molecule has 0 unspecified atom stereocenters. The number of nitrogens with zero attached hydrogens (tertiary/aromatic N) is 2. The summed E-state index contributed by atoms with van der Waals surface area (Å²) in [5.74, 6) is 0. The Morgan fingerprint density at radius 3 is 2.50 bits per heavy atom. The molecular formula is C6H8ClF2N3. The fourth-order valence-corrected chi connectivity index (χ4v) is 1.02. The highest BCUT2D eigenvalue weighted by Gasteiger charge is 2.15. The summed E-state index contributed by atoms with van der Waals surface area (Å²) in [6.45, 7) is -1.70. The third kappa shape index (κ3) is 1.50. The fourth-order valence-electron chi connectivity index (χ4n) is 0.787. The summed E-state index contributed by atoms with van der Waals surface area (Å²) >= 11 is 5.60. The Morgan fingerprint density at radius 1 is 1.58 bits per heavy atom. The Morgan fingerprint density at radius 2 is 2.17 bits per heavy atom. The zero-order valence-corrected chi connectivity index (χ0v) is 6.93. The number of hydrogen-bond acceptors (Lipinski definition) is 2. The molecule has 0 saturated carbocycles. The predicted octanol–water partition coefficient (Wildman–Crippen LogP) is 1.60. The molecule has 68 valence electrons. The van der Waals surface area contributed by atoms with E-state index < -0.39 is 19.4 Å². The summed E-state index contributed by atoms with van der Waals surface area (Å²) in [7, 11) is 0. The molecular weight excluding hydrogens is 188 g/mol. The molecule has 0 radical (unpaired) electrons. The van der Waals surface area contributed by atoms with Crippen LogP contribution >= 0.6 is 11.6 Å². The third-order valence-electron chi connectivity index (χ3n) is 1.46. The van der Waals surface area contributed by atoms with Crippen molar-refractivity contribution < 1.29 is 8.78 Å². The van der Waals surface area contributed by atoms with Crippen molar-refractivity contribution in [3.05, 3.63) is 11.3 Å². The maximum atomic E-state index is 12.1. The van der Waals surface area contributed by atoms with Crippen LogP contribution in [0.3, 0.4) is 0 Å². The molecule has 0 fully saturated rings. The molecule has 1 aromatic rings. The van der Waals surface area contributed by atoms with Gasteiger partial charge in [0.1, 0.15) is 24.5 Å². The first-order valence-corrected chi connectivity index (χ1v) is 3.69. The van der Waals surface area contributed by atoms with E-state index in [1.54, 1.807) is 0 Å². The molecule has 0 aliphatic carbocycles. The van der Waals surface area contributed by atoms with Gasteiger partial charge in [-0.1, -0.05) is 11.6 Å². The smallest absolute Gasteiger partial charge is 0.150 e. The van der Waals surface area contributed by atoms with Crippen molar-refractivity contribution in [3.8, 4) is 0 Å². The van der Waals surface area contributed by atoms with Crippen LogP contribution in [0.25, 0.3) is 0 Å². The van der Waals surface area contributed by atoms with Gasteiger partial charge in [-0.3, -0.25) is 0 Å². The van der Waals surface area contributed by atoms with E-state index in [1.165, 1.54) is 6.20 Å². The molecule has 0 amide bonds. The van der Waals surface area contributed by atoms with E-state index in [4.69, 9.17) is 17.3 Å². The van der Waals surface area contributed by atoms with Crippen LogP contribution in [0.4, 0.5) is 14.5 Å². The van der Waals surface area contributed by atoms with Gasteiger partial charge in [-0.15, -0.1) is 0 Å². The van der Waals surface area contributed by atoms with Crippen LogP contribution in [0.5, 0.6) is 0 Å². The molecule has 3 nitrogen and oxygen atoms in total. The minimum Gasteiger partial charge on any atom is -0.395 e. The van der Waals surface area contributed by atoms with E-state index in [-0.39, 0.29) is 10.8 Å². The Kier molecular flexibility index (Phi) is 2.86. The highest BCUT2D eigenvalue weighted by atomic mass is 35.5. The van der Waals surface area contributed by atoms with E-state index >= 15 is 0 Å². The number of alkyl halides is 2. The second-order valence-electron chi connectivity index (χ2n) is 2.30. The van der Waals surface area contributed by atoms with E-state index in [2.05, 4.69) is 5.10 Å². The standard InChI is InChI=1S/C6H8ClF2N3/c7-6-5(10)3-11-12(6)4(1-8)2-9/h3-4H,1-2,10H2. The molecule has 0 aliphatic rings. The number of nitrogens with two attached hydrogens (primary N) is 1. The fraction of sp³-hybridized carbons (Fsp3) is 0.500. The number of aromatic nitrogens is 2. The number of nitrogen functional groups attached to an aromatic ring is 1. The van der Waals surface area contributed by atoms with Gasteiger partial charge < -0.3 is 5.73 Å². The van der Waals surface area contributed by atoms with Crippen molar-refractivity contribution in [2.75, 3.05) is 19.1 Å². The molecule has 0 bridgehead atoms. The first-order chi connectivity index (χ1) is 5.70. The zero-order chi connectivity index (χ0) is 9.14. The van der Waals surface area contributed by atoms with Gasteiger partial charge in [-0.25, -0.2) is 13.5 Å². The first-order valence-electron chi connectivity index (χ1n) is 3.31. The number of halogens is 3. The van der Waals surface area contributed by atoms with Crippen LogP contribution in [-0.4, -0.2) is 23.1 Å². The minimum atomic E-state index is -0.963. The molecule has 2 N–H and O–H groups in total. The molecule has 1 heterocycles. The topological polar surface area (TPSA) is 43.8 Å². The highest BCUT2D eigenvalue weighted by Crippen LogP contribution is 2.21. The van der Waals surface area contributed by atoms with Gasteiger partial charge in [0, 0.05) is 0 Å². The maximum Gasteiger partial charge on any atom is 0.150 e. The molecule has 1 rings (SSSR count). The summed E-state index contributed by atoms with van der Waals surface area (Å²) in [6.07, 6.45) is 1.26. The van der Waals surface area contributed by atoms with Gasteiger partial charge in [0.15, 0.2) is 0 Å². The number of anilines is 1. The average molecular weight is 196 g/mol. The van der Waals surface area contributed by atoms with E-state index in [0.717, 1.165) is 4.68 Å². The van der Waals surface area contributed by atoms with Crippen molar-refractivity contribution in [1.29, 1.82) is 0 Å². The van der Waals surface area contributed by atoms with E-state index in [0.29, 0.717) is 0 Å². The Bertz CT molecular complexity index is 259. The number of rotatable bonds is 3. The van der Waals surface area contributed by atoms with Crippen LogP contribution in [0.15, 0.2) is 6.20 Å². The Hall–Kier alpha value is -0.840. The predicted molar refractivity (Wildman–Crippen MR) is 42.6 cm³/mol. The summed E-state index contributed by atoms with van der Waals surface area (Å²) in [5.41, 5.74) is 5.55. The summed E-state index contributed by atoms with van der Waals surface area (Å²) < 4.78 is 25.3. The lowest BCUT2D eigenvalue weighted by atomic mass is 10.4. The largest absolute Gasteiger partial charge is 0.395 e. The van der Waals surface area contributed by atoms with E-state index in [1.807, 2.05) is 0 Å². The summed E-state index contributed by atoms with van der Waals surface area (Å²) in [6, 6.07) is -0.963. The van der Waals surface area contributed by atoms with Crippen molar-refractivity contribution in [2.24, 2.45) is 0 Å².